The van der Waals surface area contributed by atoms with Crippen LogP contribution in [-0.4, -0.2) is 26.0 Å². The van der Waals surface area contributed by atoms with E-state index in [4.69, 9.17) is 16.3 Å². The number of halogens is 1. The molecule has 126 valence electrons. The molecule has 0 bridgehead atoms. The van der Waals surface area contributed by atoms with E-state index in [1.54, 1.807) is 32.4 Å². The molecule has 0 fully saturated rings. The summed E-state index contributed by atoms with van der Waals surface area (Å²) < 4.78 is 5.27. The van der Waals surface area contributed by atoms with Gasteiger partial charge in [0.1, 0.15) is 5.75 Å². The molecule has 0 aliphatic rings. The molecule has 2 aromatic rings. The third-order valence-corrected chi connectivity index (χ3v) is 3.87. The van der Waals surface area contributed by atoms with Crippen molar-refractivity contribution in [2.45, 2.75) is 12.8 Å². The van der Waals surface area contributed by atoms with E-state index in [0.29, 0.717) is 22.7 Å². The number of carbonyl (C=O) groups is 2. The molecule has 0 saturated carbocycles. The minimum absolute atomic E-state index is 0.183. The summed E-state index contributed by atoms with van der Waals surface area (Å²) in [6.07, 6.45) is 0.823. The maximum atomic E-state index is 12.2. The molecular weight excluding hydrogens is 328 g/mol. The number of carbonyl (C=O) groups excluding carboxylic acids is 2. The molecule has 0 heterocycles. The summed E-state index contributed by atoms with van der Waals surface area (Å²) in [4.78, 5) is 23.8. The molecule has 0 radical (unpaired) electrons. The lowest BCUT2D eigenvalue weighted by atomic mass is 10.1. The quantitative estimate of drug-likeness (QED) is 0.843. The van der Waals surface area contributed by atoms with Crippen LogP contribution in [0, 0.1) is 0 Å². The molecule has 2 N–H and O–H groups in total. The van der Waals surface area contributed by atoms with Crippen molar-refractivity contribution in [3.8, 4) is 5.75 Å². The summed E-state index contributed by atoms with van der Waals surface area (Å²) in [6, 6.07) is 12.3. The number of amides is 2. The monoisotopic (exact) mass is 346 g/mol. The van der Waals surface area contributed by atoms with Gasteiger partial charge >= 0.3 is 0 Å². The number of hydrogen-bond donors (Lipinski definition) is 2. The fraction of sp³-hybridized carbons (Fsp3) is 0.222. The molecule has 5 nitrogen and oxygen atoms in total. The standard InChI is InChI=1S/C18H19ClN2O3/c1-20-18(23)13-7-9-14(19)15(11-13)21-17(22)10-8-12-5-3-4-6-16(12)24-2/h3-7,9,11H,8,10H2,1-2H3,(H,20,23)(H,21,22). The van der Waals surface area contributed by atoms with Gasteiger partial charge in [0, 0.05) is 19.0 Å². The zero-order chi connectivity index (χ0) is 17.5. The summed E-state index contributed by atoms with van der Waals surface area (Å²) in [5, 5.41) is 5.66. The molecule has 0 unspecified atom stereocenters. The Balaban J connectivity index is 2.03. The van der Waals surface area contributed by atoms with Crippen LogP contribution in [-0.2, 0) is 11.2 Å². The van der Waals surface area contributed by atoms with Gasteiger partial charge in [0.2, 0.25) is 5.91 Å². The Labute approximate surface area is 146 Å². The van der Waals surface area contributed by atoms with Crippen LogP contribution < -0.4 is 15.4 Å². The average Bonchev–Trinajstić information content (AvgIpc) is 2.61. The van der Waals surface area contributed by atoms with Gasteiger partial charge in [-0.25, -0.2) is 0 Å². The number of nitrogens with one attached hydrogen (secondary N) is 2. The lowest BCUT2D eigenvalue weighted by Crippen LogP contribution is -2.18. The Morgan fingerprint density at radius 3 is 2.62 bits per heavy atom. The SMILES string of the molecule is CNC(=O)c1ccc(Cl)c(NC(=O)CCc2ccccc2OC)c1. The fourth-order valence-corrected chi connectivity index (χ4v) is 2.44. The van der Waals surface area contributed by atoms with Crippen LogP contribution in [0.3, 0.4) is 0 Å². The first kappa shape index (κ1) is 17.8. The average molecular weight is 347 g/mol. The molecule has 0 atom stereocenters. The topological polar surface area (TPSA) is 67.4 Å². The molecular formula is C18H19ClN2O3. The van der Waals surface area contributed by atoms with Crippen LogP contribution in [0.4, 0.5) is 5.69 Å². The number of anilines is 1. The van der Waals surface area contributed by atoms with Crippen LogP contribution in [0.1, 0.15) is 22.3 Å². The van der Waals surface area contributed by atoms with Gasteiger partial charge in [0.25, 0.3) is 5.91 Å². The summed E-state index contributed by atoms with van der Waals surface area (Å²) in [6.45, 7) is 0. The van der Waals surface area contributed by atoms with Crippen LogP contribution in [0.15, 0.2) is 42.5 Å². The van der Waals surface area contributed by atoms with Gasteiger partial charge in [-0.1, -0.05) is 29.8 Å². The molecule has 0 spiro atoms. The lowest BCUT2D eigenvalue weighted by molar-refractivity contribution is -0.116. The summed E-state index contributed by atoms with van der Waals surface area (Å²) in [7, 11) is 3.14. The van der Waals surface area contributed by atoms with E-state index >= 15 is 0 Å². The zero-order valence-corrected chi connectivity index (χ0v) is 14.3. The summed E-state index contributed by atoms with van der Waals surface area (Å²) >= 11 is 6.09. The predicted molar refractivity (Wildman–Crippen MR) is 94.8 cm³/mol. The van der Waals surface area contributed by atoms with Crippen molar-refractivity contribution in [2.24, 2.45) is 0 Å². The van der Waals surface area contributed by atoms with Gasteiger partial charge in [-0.2, -0.15) is 0 Å². The zero-order valence-electron chi connectivity index (χ0n) is 13.6. The van der Waals surface area contributed by atoms with E-state index in [2.05, 4.69) is 10.6 Å². The van der Waals surface area contributed by atoms with E-state index in [0.717, 1.165) is 11.3 Å². The highest BCUT2D eigenvalue weighted by Crippen LogP contribution is 2.24. The number of ether oxygens (including phenoxy) is 1. The van der Waals surface area contributed by atoms with Crippen molar-refractivity contribution < 1.29 is 14.3 Å². The number of aryl methyl sites for hydroxylation is 1. The van der Waals surface area contributed by atoms with E-state index in [9.17, 15) is 9.59 Å². The molecule has 2 aromatic carbocycles. The van der Waals surface area contributed by atoms with Gasteiger partial charge in [-0.05, 0) is 36.2 Å². The first-order valence-corrected chi connectivity index (χ1v) is 7.86. The van der Waals surface area contributed by atoms with Crippen molar-refractivity contribution in [3.63, 3.8) is 0 Å². The van der Waals surface area contributed by atoms with Crippen LogP contribution in [0.5, 0.6) is 5.75 Å². The van der Waals surface area contributed by atoms with Crippen LogP contribution >= 0.6 is 11.6 Å². The van der Waals surface area contributed by atoms with Gasteiger partial charge < -0.3 is 15.4 Å². The molecule has 6 heteroatoms. The van der Waals surface area contributed by atoms with Crippen LogP contribution in [0.2, 0.25) is 5.02 Å². The number of methoxy groups -OCH3 is 1. The van der Waals surface area contributed by atoms with Crippen molar-refractivity contribution >= 4 is 29.1 Å². The molecule has 2 amide bonds. The predicted octanol–water partition coefficient (Wildman–Crippen LogP) is 3.28. The second-order valence-corrected chi connectivity index (χ2v) is 5.54. The van der Waals surface area contributed by atoms with Gasteiger partial charge in [-0.3, -0.25) is 9.59 Å². The first-order chi connectivity index (χ1) is 11.5. The Morgan fingerprint density at radius 2 is 1.92 bits per heavy atom. The number of para-hydroxylation sites is 1. The second-order valence-electron chi connectivity index (χ2n) is 5.13. The van der Waals surface area contributed by atoms with Gasteiger partial charge in [-0.15, -0.1) is 0 Å². The highest BCUT2D eigenvalue weighted by atomic mass is 35.5. The van der Waals surface area contributed by atoms with Crippen molar-refractivity contribution in [1.29, 1.82) is 0 Å². The summed E-state index contributed by atoms with van der Waals surface area (Å²) in [5.41, 5.74) is 1.81. The third-order valence-electron chi connectivity index (χ3n) is 3.54. The van der Waals surface area contributed by atoms with E-state index in [1.807, 2.05) is 24.3 Å². The molecule has 0 aliphatic heterocycles. The Kier molecular flexibility index (Phi) is 6.21. The normalized spacial score (nSPS) is 10.1. The Bertz CT molecular complexity index is 747. The largest absolute Gasteiger partial charge is 0.496 e. The highest BCUT2D eigenvalue weighted by molar-refractivity contribution is 6.33. The minimum Gasteiger partial charge on any atom is -0.496 e. The third kappa shape index (κ3) is 4.49. The Hall–Kier alpha value is -2.53. The molecule has 2 rings (SSSR count). The lowest BCUT2D eigenvalue weighted by Gasteiger charge is -2.10. The first-order valence-electron chi connectivity index (χ1n) is 7.48. The van der Waals surface area contributed by atoms with Crippen molar-refractivity contribution in [3.05, 3.63) is 58.6 Å². The molecule has 24 heavy (non-hydrogen) atoms. The maximum Gasteiger partial charge on any atom is 0.251 e. The number of benzene rings is 2. The van der Waals surface area contributed by atoms with Crippen molar-refractivity contribution in [1.82, 2.24) is 5.32 Å². The maximum absolute atomic E-state index is 12.2. The van der Waals surface area contributed by atoms with E-state index in [1.165, 1.54) is 0 Å². The molecule has 0 aliphatic carbocycles. The van der Waals surface area contributed by atoms with E-state index < -0.39 is 0 Å². The molecule has 0 aromatic heterocycles. The second kappa shape index (κ2) is 8.36. The van der Waals surface area contributed by atoms with Crippen molar-refractivity contribution in [2.75, 3.05) is 19.5 Å². The summed E-state index contributed by atoms with van der Waals surface area (Å²) in [5.74, 6) is 0.331. The van der Waals surface area contributed by atoms with Gasteiger partial charge in [0.15, 0.2) is 0 Å². The van der Waals surface area contributed by atoms with E-state index in [-0.39, 0.29) is 18.2 Å². The fourth-order valence-electron chi connectivity index (χ4n) is 2.28. The minimum atomic E-state index is -0.240. The molecule has 0 saturated heterocycles. The highest BCUT2D eigenvalue weighted by Gasteiger charge is 2.11. The number of hydrogen-bond acceptors (Lipinski definition) is 3. The van der Waals surface area contributed by atoms with Gasteiger partial charge in [0.05, 0.1) is 17.8 Å². The Morgan fingerprint density at radius 1 is 1.17 bits per heavy atom. The van der Waals surface area contributed by atoms with Crippen LogP contribution in [0.25, 0.3) is 0 Å². The smallest absolute Gasteiger partial charge is 0.251 e. The number of rotatable bonds is 6.